The van der Waals surface area contributed by atoms with Gasteiger partial charge in [-0.25, -0.2) is 9.59 Å². The van der Waals surface area contributed by atoms with E-state index in [1.54, 1.807) is 6.92 Å². The van der Waals surface area contributed by atoms with E-state index < -0.39 is 17.5 Å². The van der Waals surface area contributed by atoms with Gasteiger partial charge in [0.2, 0.25) is 0 Å². The molecule has 0 aromatic carbocycles. The van der Waals surface area contributed by atoms with Crippen LogP contribution in [0.15, 0.2) is 0 Å². The summed E-state index contributed by atoms with van der Waals surface area (Å²) < 4.78 is 0. The zero-order valence-electron chi connectivity index (χ0n) is 11.4. The zero-order chi connectivity index (χ0) is 14.0. The topological polar surface area (TPSA) is 78.4 Å². The Morgan fingerprint density at radius 1 is 1.28 bits per heavy atom. The number of carbonyl (C=O) groups excluding carboxylic acids is 1. The van der Waals surface area contributed by atoms with Gasteiger partial charge in [0, 0.05) is 6.54 Å². The molecule has 0 saturated carbocycles. The quantitative estimate of drug-likeness (QED) is 0.563. The molecule has 18 heavy (non-hydrogen) atoms. The van der Waals surface area contributed by atoms with Gasteiger partial charge < -0.3 is 15.7 Å². The third kappa shape index (κ3) is 6.74. The van der Waals surface area contributed by atoms with Crippen LogP contribution in [0.3, 0.4) is 0 Å². The van der Waals surface area contributed by atoms with Gasteiger partial charge >= 0.3 is 12.0 Å². The number of amides is 2. The maximum atomic E-state index is 11.5. The maximum Gasteiger partial charge on any atom is 0.329 e. The molecule has 0 aromatic heterocycles. The Morgan fingerprint density at radius 3 is 2.44 bits per heavy atom. The Bertz CT molecular complexity index is 274. The molecule has 0 heterocycles. The first-order valence-electron chi connectivity index (χ1n) is 6.24. The lowest BCUT2D eigenvalue weighted by molar-refractivity contribution is -0.143. The minimum Gasteiger partial charge on any atom is -0.480 e. The molecule has 2 amide bonds. The summed E-state index contributed by atoms with van der Waals surface area (Å²) in [5, 5.41) is 14.2. The fourth-order valence-corrected chi connectivity index (χ4v) is 1.83. The van der Waals surface area contributed by atoms with E-state index in [1.807, 2.05) is 11.8 Å². The highest BCUT2D eigenvalue weighted by Gasteiger charge is 2.32. The summed E-state index contributed by atoms with van der Waals surface area (Å²) in [5.74, 6) is 0.124. The van der Waals surface area contributed by atoms with Crippen molar-refractivity contribution >= 4 is 23.8 Å². The van der Waals surface area contributed by atoms with Crippen molar-refractivity contribution in [3.8, 4) is 0 Å². The van der Waals surface area contributed by atoms with Gasteiger partial charge in [0.25, 0.3) is 0 Å². The summed E-state index contributed by atoms with van der Waals surface area (Å²) >= 11 is 1.82. The average Bonchev–Trinajstić information content (AvgIpc) is 2.33. The van der Waals surface area contributed by atoms with E-state index in [0.29, 0.717) is 13.0 Å². The standard InChI is InChI=1S/C12H24N2O3S/c1-4-12(2,10(15)16)14-11(17)13-8-6-5-7-9-18-3/h4-9H2,1-3H3,(H,15,16)(H2,13,14,17). The van der Waals surface area contributed by atoms with Crippen LogP contribution in [0.5, 0.6) is 0 Å². The van der Waals surface area contributed by atoms with Crippen molar-refractivity contribution in [3.63, 3.8) is 0 Å². The van der Waals surface area contributed by atoms with Crippen LogP contribution >= 0.6 is 11.8 Å². The third-order valence-electron chi connectivity index (χ3n) is 2.88. The summed E-state index contributed by atoms with van der Waals surface area (Å²) in [6, 6.07) is -0.411. The van der Waals surface area contributed by atoms with Crippen LogP contribution in [0.25, 0.3) is 0 Å². The number of thioether (sulfide) groups is 1. The van der Waals surface area contributed by atoms with Crippen molar-refractivity contribution < 1.29 is 14.7 Å². The molecular weight excluding hydrogens is 252 g/mol. The van der Waals surface area contributed by atoms with Crippen LogP contribution in [0, 0.1) is 0 Å². The van der Waals surface area contributed by atoms with Crippen molar-refractivity contribution in [3.05, 3.63) is 0 Å². The first-order chi connectivity index (χ1) is 8.46. The Balaban J connectivity index is 3.80. The molecule has 5 nitrogen and oxygen atoms in total. The molecule has 1 unspecified atom stereocenters. The van der Waals surface area contributed by atoms with E-state index >= 15 is 0 Å². The number of aliphatic carboxylic acids is 1. The highest BCUT2D eigenvalue weighted by molar-refractivity contribution is 7.98. The molecule has 106 valence electrons. The van der Waals surface area contributed by atoms with E-state index in [2.05, 4.69) is 16.9 Å². The zero-order valence-corrected chi connectivity index (χ0v) is 12.2. The van der Waals surface area contributed by atoms with Crippen molar-refractivity contribution in [2.24, 2.45) is 0 Å². The van der Waals surface area contributed by atoms with Gasteiger partial charge in [0.15, 0.2) is 0 Å². The normalized spacial score (nSPS) is 13.7. The van der Waals surface area contributed by atoms with E-state index in [1.165, 1.54) is 6.92 Å². The van der Waals surface area contributed by atoms with Crippen LogP contribution in [0.1, 0.15) is 39.5 Å². The van der Waals surface area contributed by atoms with Crippen LogP contribution in [-0.4, -0.2) is 41.2 Å². The van der Waals surface area contributed by atoms with Gasteiger partial charge in [-0.3, -0.25) is 0 Å². The molecule has 1 atom stereocenters. The van der Waals surface area contributed by atoms with Crippen LogP contribution in [0.2, 0.25) is 0 Å². The van der Waals surface area contributed by atoms with Gasteiger partial charge in [-0.15, -0.1) is 0 Å². The molecule has 0 aliphatic heterocycles. The number of rotatable bonds is 9. The number of carboxylic acids is 1. The molecule has 0 fully saturated rings. The van der Waals surface area contributed by atoms with Crippen molar-refractivity contribution in [2.45, 2.75) is 45.1 Å². The number of nitrogens with one attached hydrogen (secondary N) is 2. The monoisotopic (exact) mass is 276 g/mol. The lowest BCUT2D eigenvalue weighted by atomic mass is 10.00. The first-order valence-corrected chi connectivity index (χ1v) is 7.64. The molecule has 6 heteroatoms. The molecule has 0 spiro atoms. The molecular formula is C12H24N2O3S. The lowest BCUT2D eigenvalue weighted by Crippen LogP contribution is -2.54. The highest BCUT2D eigenvalue weighted by atomic mass is 32.2. The molecule has 3 N–H and O–H groups in total. The van der Waals surface area contributed by atoms with E-state index in [4.69, 9.17) is 5.11 Å². The highest BCUT2D eigenvalue weighted by Crippen LogP contribution is 2.08. The van der Waals surface area contributed by atoms with Gasteiger partial charge in [-0.1, -0.05) is 13.3 Å². The maximum absolute atomic E-state index is 11.5. The van der Waals surface area contributed by atoms with Gasteiger partial charge in [0.05, 0.1) is 0 Å². The SMILES string of the molecule is CCC(C)(NC(=O)NCCCCCSC)C(=O)O. The minimum atomic E-state index is -1.19. The van der Waals surface area contributed by atoms with E-state index in [9.17, 15) is 9.59 Å². The molecule has 0 aromatic rings. The van der Waals surface area contributed by atoms with Crippen molar-refractivity contribution in [2.75, 3.05) is 18.6 Å². The lowest BCUT2D eigenvalue weighted by Gasteiger charge is -2.24. The second-order valence-corrected chi connectivity index (χ2v) is 5.41. The smallest absolute Gasteiger partial charge is 0.329 e. The van der Waals surface area contributed by atoms with Gasteiger partial charge in [-0.05, 0) is 38.2 Å². The van der Waals surface area contributed by atoms with Crippen molar-refractivity contribution in [1.29, 1.82) is 0 Å². The molecule has 0 rings (SSSR count). The number of carboxylic acid groups (broad SMARTS) is 1. The summed E-state index contributed by atoms with van der Waals surface area (Å²) in [6.45, 7) is 3.82. The molecule has 0 aliphatic carbocycles. The molecule has 0 aliphatic rings. The summed E-state index contributed by atoms with van der Waals surface area (Å²) in [7, 11) is 0. The summed E-state index contributed by atoms with van der Waals surface area (Å²) in [4.78, 5) is 22.5. The van der Waals surface area contributed by atoms with Crippen LogP contribution in [0.4, 0.5) is 4.79 Å². The summed E-state index contributed by atoms with van der Waals surface area (Å²) in [5.41, 5.74) is -1.19. The predicted octanol–water partition coefficient (Wildman–Crippen LogP) is 2.07. The second-order valence-electron chi connectivity index (χ2n) is 4.43. The Kier molecular flexibility index (Phi) is 8.62. The number of unbranched alkanes of at least 4 members (excludes halogenated alkanes) is 2. The molecule has 0 radical (unpaired) electrons. The Labute approximate surface area is 113 Å². The summed E-state index contributed by atoms with van der Waals surface area (Å²) in [6.07, 6.45) is 5.56. The van der Waals surface area contributed by atoms with E-state index in [0.717, 1.165) is 25.0 Å². The molecule has 0 saturated heterocycles. The van der Waals surface area contributed by atoms with Crippen LogP contribution < -0.4 is 10.6 Å². The number of hydrogen-bond acceptors (Lipinski definition) is 3. The van der Waals surface area contributed by atoms with E-state index in [-0.39, 0.29) is 0 Å². The fourth-order valence-electron chi connectivity index (χ4n) is 1.34. The largest absolute Gasteiger partial charge is 0.480 e. The van der Waals surface area contributed by atoms with Crippen molar-refractivity contribution in [1.82, 2.24) is 10.6 Å². The van der Waals surface area contributed by atoms with Crippen LogP contribution in [-0.2, 0) is 4.79 Å². The number of urea groups is 1. The Hall–Kier alpha value is -0.910. The fraction of sp³-hybridized carbons (Fsp3) is 0.833. The predicted molar refractivity (Wildman–Crippen MR) is 75.1 cm³/mol. The average molecular weight is 276 g/mol. The Morgan fingerprint density at radius 2 is 1.94 bits per heavy atom. The van der Waals surface area contributed by atoms with Gasteiger partial charge in [0.1, 0.15) is 5.54 Å². The number of hydrogen-bond donors (Lipinski definition) is 3. The van der Waals surface area contributed by atoms with Gasteiger partial charge in [-0.2, -0.15) is 11.8 Å². The number of carbonyl (C=O) groups is 2. The first kappa shape index (κ1) is 17.1. The third-order valence-corrected chi connectivity index (χ3v) is 3.58. The minimum absolute atomic E-state index is 0.351. The molecule has 0 bridgehead atoms. The second kappa shape index (κ2) is 9.08.